The van der Waals surface area contributed by atoms with Crippen molar-refractivity contribution in [3.63, 3.8) is 0 Å². The molecule has 4 heteroatoms. The molecule has 0 unspecified atom stereocenters. The van der Waals surface area contributed by atoms with E-state index in [9.17, 15) is 9.90 Å². The number of rotatable bonds is 7. The number of aliphatic carboxylic acids is 1. The van der Waals surface area contributed by atoms with Crippen molar-refractivity contribution in [1.29, 1.82) is 0 Å². The summed E-state index contributed by atoms with van der Waals surface area (Å²) in [7, 11) is 0. The fourth-order valence-corrected chi connectivity index (χ4v) is 1.22. The zero-order valence-electron chi connectivity index (χ0n) is 9.01. The van der Waals surface area contributed by atoms with Gasteiger partial charge in [0.2, 0.25) is 0 Å². The molecule has 0 atom stereocenters. The zero-order valence-corrected chi connectivity index (χ0v) is 12.1. The Hall–Kier alpha value is 1.07. The van der Waals surface area contributed by atoms with Crippen molar-refractivity contribution in [1.82, 2.24) is 4.90 Å². The number of hydrogen-bond donors (Lipinski definition) is 0. The minimum atomic E-state index is -0.952. The van der Waals surface area contributed by atoms with E-state index in [-0.39, 0.29) is 57.8 Å². The average molecular weight is 211 g/mol. The van der Waals surface area contributed by atoms with Crippen molar-refractivity contribution in [2.45, 2.75) is 33.1 Å². The summed E-state index contributed by atoms with van der Waals surface area (Å²) in [6.45, 7) is 6.80. The molecular formula is C9H18KNO2. The van der Waals surface area contributed by atoms with Crippen LogP contribution < -0.4 is 56.5 Å². The van der Waals surface area contributed by atoms with Gasteiger partial charge in [-0.25, -0.2) is 0 Å². The largest absolute Gasteiger partial charge is 1.00 e. The Bertz CT molecular complexity index is 125. The van der Waals surface area contributed by atoms with Gasteiger partial charge in [0, 0.05) is 12.5 Å². The molecule has 0 radical (unpaired) electrons. The van der Waals surface area contributed by atoms with Gasteiger partial charge in [0.1, 0.15) is 0 Å². The van der Waals surface area contributed by atoms with Crippen molar-refractivity contribution in [3.05, 3.63) is 0 Å². The molecule has 0 aliphatic carbocycles. The SMILES string of the molecule is CCCN(CCC)CCC(=O)[O-].[K+]. The average Bonchev–Trinajstić information content (AvgIpc) is 2.01. The van der Waals surface area contributed by atoms with E-state index >= 15 is 0 Å². The van der Waals surface area contributed by atoms with Crippen LogP contribution in [0.5, 0.6) is 0 Å². The molecule has 0 aromatic rings. The number of carbonyl (C=O) groups is 1. The van der Waals surface area contributed by atoms with E-state index < -0.39 is 5.97 Å². The molecule has 0 heterocycles. The number of carbonyl (C=O) groups excluding carboxylic acids is 1. The topological polar surface area (TPSA) is 43.4 Å². The van der Waals surface area contributed by atoms with Gasteiger partial charge in [0.15, 0.2) is 0 Å². The maximum Gasteiger partial charge on any atom is 1.00 e. The predicted octanol–water partition coefficient (Wildman–Crippen LogP) is -2.75. The summed E-state index contributed by atoms with van der Waals surface area (Å²) in [5.41, 5.74) is 0. The molecular weight excluding hydrogens is 193 g/mol. The first kappa shape index (κ1) is 16.5. The van der Waals surface area contributed by atoms with Crippen molar-refractivity contribution >= 4 is 5.97 Å². The third kappa shape index (κ3) is 11.0. The van der Waals surface area contributed by atoms with E-state index in [1.165, 1.54) is 0 Å². The quantitative estimate of drug-likeness (QED) is 0.429. The molecule has 0 amide bonds. The minimum Gasteiger partial charge on any atom is -0.550 e. The molecule has 0 rings (SSSR count). The second-order valence-corrected chi connectivity index (χ2v) is 2.96. The van der Waals surface area contributed by atoms with Gasteiger partial charge < -0.3 is 14.8 Å². The minimum absolute atomic E-state index is 0. The van der Waals surface area contributed by atoms with Crippen LogP contribution in [0.1, 0.15) is 33.1 Å². The van der Waals surface area contributed by atoms with Crippen LogP contribution in [-0.2, 0) is 4.79 Å². The summed E-state index contributed by atoms with van der Waals surface area (Å²) in [6, 6.07) is 0. The number of hydrogen-bond acceptors (Lipinski definition) is 3. The van der Waals surface area contributed by atoms with E-state index in [4.69, 9.17) is 0 Å². The Labute approximate surface area is 123 Å². The molecule has 0 fully saturated rings. The van der Waals surface area contributed by atoms with Gasteiger partial charge in [0.25, 0.3) is 0 Å². The van der Waals surface area contributed by atoms with E-state index in [2.05, 4.69) is 18.7 Å². The van der Waals surface area contributed by atoms with Gasteiger partial charge in [0.05, 0.1) is 0 Å². The molecule has 0 aromatic carbocycles. The van der Waals surface area contributed by atoms with Gasteiger partial charge in [-0.1, -0.05) is 13.8 Å². The Morgan fingerprint density at radius 2 is 1.62 bits per heavy atom. The fraction of sp³-hybridized carbons (Fsp3) is 0.889. The molecule has 0 spiro atoms. The normalized spacial score (nSPS) is 9.77. The van der Waals surface area contributed by atoms with Gasteiger partial charge >= 0.3 is 51.4 Å². The molecule has 72 valence electrons. The summed E-state index contributed by atoms with van der Waals surface area (Å²) >= 11 is 0. The van der Waals surface area contributed by atoms with Crippen LogP contribution in [0.3, 0.4) is 0 Å². The van der Waals surface area contributed by atoms with Crippen molar-refractivity contribution in [2.75, 3.05) is 19.6 Å². The standard InChI is InChI=1S/C9H19NO2.K/c1-3-6-10(7-4-2)8-5-9(11)12;/h3-8H2,1-2H3,(H,11,12);/q;+1/p-1. The van der Waals surface area contributed by atoms with Crippen LogP contribution in [0.2, 0.25) is 0 Å². The van der Waals surface area contributed by atoms with Crippen LogP contribution in [0.4, 0.5) is 0 Å². The Balaban J connectivity index is 0. The summed E-state index contributed by atoms with van der Waals surface area (Å²) in [5, 5.41) is 10.2. The van der Waals surface area contributed by atoms with E-state index in [1.807, 2.05) is 0 Å². The molecule has 0 aliphatic heterocycles. The second kappa shape index (κ2) is 11.1. The predicted molar refractivity (Wildman–Crippen MR) is 46.6 cm³/mol. The Morgan fingerprint density at radius 3 is 1.92 bits per heavy atom. The maximum absolute atomic E-state index is 10.2. The summed E-state index contributed by atoms with van der Waals surface area (Å²) < 4.78 is 0. The number of carboxylic acids is 1. The summed E-state index contributed by atoms with van der Waals surface area (Å²) in [5.74, 6) is -0.952. The van der Waals surface area contributed by atoms with E-state index in [1.54, 1.807) is 0 Å². The Morgan fingerprint density at radius 1 is 1.15 bits per heavy atom. The summed E-state index contributed by atoms with van der Waals surface area (Å²) in [6.07, 6.45) is 2.31. The van der Waals surface area contributed by atoms with E-state index in [0.717, 1.165) is 25.9 Å². The molecule has 0 bridgehead atoms. The third-order valence-electron chi connectivity index (χ3n) is 1.71. The molecule has 0 saturated heterocycles. The van der Waals surface area contributed by atoms with Gasteiger partial charge in [-0.15, -0.1) is 0 Å². The maximum atomic E-state index is 10.2. The smallest absolute Gasteiger partial charge is 0.550 e. The molecule has 0 N–H and O–H groups in total. The number of carboxylic acid groups (broad SMARTS) is 1. The molecule has 13 heavy (non-hydrogen) atoms. The number of nitrogens with zero attached hydrogens (tertiary/aromatic N) is 1. The fourth-order valence-electron chi connectivity index (χ4n) is 1.22. The van der Waals surface area contributed by atoms with Crippen LogP contribution in [0.15, 0.2) is 0 Å². The van der Waals surface area contributed by atoms with Crippen LogP contribution in [0.25, 0.3) is 0 Å². The molecule has 0 aliphatic rings. The van der Waals surface area contributed by atoms with Crippen molar-refractivity contribution in [3.8, 4) is 0 Å². The van der Waals surface area contributed by atoms with Gasteiger partial charge in [-0.3, -0.25) is 0 Å². The molecule has 0 saturated carbocycles. The Kier molecular flexibility index (Phi) is 14.1. The van der Waals surface area contributed by atoms with E-state index in [0.29, 0.717) is 6.54 Å². The van der Waals surface area contributed by atoms with Crippen molar-refractivity contribution < 1.29 is 61.3 Å². The first-order chi connectivity index (χ1) is 5.70. The zero-order chi connectivity index (χ0) is 9.40. The third-order valence-corrected chi connectivity index (χ3v) is 1.71. The second-order valence-electron chi connectivity index (χ2n) is 2.96. The van der Waals surface area contributed by atoms with Crippen LogP contribution >= 0.6 is 0 Å². The first-order valence-electron chi connectivity index (χ1n) is 4.62. The first-order valence-corrected chi connectivity index (χ1v) is 4.62. The molecule has 3 nitrogen and oxygen atoms in total. The monoisotopic (exact) mass is 211 g/mol. The molecule has 0 aromatic heterocycles. The van der Waals surface area contributed by atoms with Gasteiger partial charge in [-0.05, 0) is 32.4 Å². The summed E-state index contributed by atoms with van der Waals surface area (Å²) in [4.78, 5) is 12.3. The van der Waals surface area contributed by atoms with Gasteiger partial charge in [-0.2, -0.15) is 0 Å². The van der Waals surface area contributed by atoms with Crippen LogP contribution in [0, 0.1) is 0 Å². The van der Waals surface area contributed by atoms with Crippen LogP contribution in [-0.4, -0.2) is 30.5 Å². The van der Waals surface area contributed by atoms with Crippen molar-refractivity contribution in [2.24, 2.45) is 0 Å².